The van der Waals surface area contributed by atoms with Crippen LogP contribution in [0.25, 0.3) is 11.0 Å². The van der Waals surface area contributed by atoms with Crippen molar-refractivity contribution in [3.63, 3.8) is 0 Å². The van der Waals surface area contributed by atoms with Gasteiger partial charge >= 0.3 is 0 Å². The van der Waals surface area contributed by atoms with Gasteiger partial charge in [0.25, 0.3) is 0 Å². The maximum absolute atomic E-state index is 4.47. The Labute approximate surface area is 111 Å². The van der Waals surface area contributed by atoms with Crippen molar-refractivity contribution >= 4 is 22.8 Å². The lowest BCUT2D eigenvalue weighted by molar-refractivity contribution is 0.180. The van der Waals surface area contributed by atoms with Gasteiger partial charge in [0.15, 0.2) is 5.82 Å². The van der Waals surface area contributed by atoms with Crippen molar-refractivity contribution in [1.82, 2.24) is 20.2 Å². The number of nitrogens with zero attached hydrogens (tertiary/aromatic N) is 3. The maximum Gasteiger partial charge on any atom is 0.225 e. The fraction of sp³-hybridized carbons (Fsp3) is 0.615. The number of aromatic nitrogens is 4. The van der Waals surface area contributed by atoms with E-state index in [0.717, 1.165) is 34.7 Å². The summed E-state index contributed by atoms with van der Waals surface area (Å²) in [5, 5.41) is 13.4. The minimum absolute atomic E-state index is 0.628. The summed E-state index contributed by atoms with van der Waals surface area (Å²) in [6.45, 7) is 0.996. The second-order valence-electron chi connectivity index (χ2n) is 5.93. The minimum atomic E-state index is 0.628. The molecule has 0 amide bonds. The number of fused-ring (bicyclic) bond motifs is 1. The number of hydrogen-bond acceptors (Lipinski definition) is 5. The van der Waals surface area contributed by atoms with E-state index < -0.39 is 0 Å². The fourth-order valence-electron chi connectivity index (χ4n) is 3.21. The van der Waals surface area contributed by atoms with Crippen LogP contribution < -0.4 is 10.6 Å². The zero-order valence-electron chi connectivity index (χ0n) is 11.0. The molecular formula is C13H18N6. The van der Waals surface area contributed by atoms with E-state index >= 15 is 0 Å². The first-order valence-corrected chi connectivity index (χ1v) is 6.91. The Hall–Kier alpha value is -1.85. The van der Waals surface area contributed by atoms with Crippen LogP contribution in [0.3, 0.4) is 0 Å². The summed E-state index contributed by atoms with van der Waals surface area (Å²) in [7, 11) is 1.83. The molecule has 2 aromatic heterocycles. The fourth-order valence-corrected chi connectivity index (χ4v) is 3.21. The van der Waals surface area contributed by atoms with Crippen molar-refractivity contribution in [2.75, 3.05) is 24.2 Å². The van der Waals surface area contributed by atoms with E-state index in [0.29, 0.717) is 5.95 Å². The molecule has 0 radical (unpaired) electrons. The predicted molar refractivity (Wildman–Crippen MR) is 74.1 cm³/mol. The van der Waals surface area contributed by atoms with Gasteiger partial charge in [0.1, 0.15) is 11.0 Å². The van der Waals surface area contributed by atoms with Crippen molar-refractivity contribution in [3.05, 3.63) is 6.20 Å². The van der Waals surface area contributed by atoms with Crippen LogP contribution in [0.5, 0.6) is 0 Å². The first-order chi connectivity index (χ1) is 9.28. The molecule has 0 aliphatic heterocycles. The molecule has 0 aromatic carbocycles. The molecule has 0 unspecified atom stereocenters. The number of H-pyrrole nitrogens is 1. The van der Waals surface area contributed by atoms with Crippen LogP contribution in [0, 0.1) is 11.3 Å². The monoisotopic (exact) mass is 258 g/mol. The van der Waals surface area contributed by atoms with Gasteiger partial charge in [0.05, 0.1) is 6.20 Å². The highest BCUT2D eigenvalue weighted by atomic mass is 15.2. The van der Waals surface area contributed by atoms with Crippen molar-refractivity contribution in [2.45, 2.75) is 25.7 Å². The maximum atomic E-state index is 4.47. The van der Waals surface area contributed by atoms with Gasteiger partial charge in [-0.05, 0) is 37.0 Å². The number of hydrogen-bond donors (Lipinski definition) is 3. The Morgan fingerprint density at radius 1 is 1.37 bits per heavy atom. The normalized spacial score (nSPS) is 20.5. The van der Waals surface area contributed by atoms with Crippen LogP contribution >= 0.6 is 0 Å². The molecule has 0 atom stereocenters. The Bertz CT molecular complexity index is 607. The van der Waals surface area contributed by atoms with Gasteiger partial charge in [-0.15, -0.1) is 0 Å². The summed E-state index contributed by atoms with van der Waals surface area (Å²) in [4.78, 5) is 8.82. The summed E-state index contributed by atoms with van der Waals surface area (Å²) in [6.07, 6.45) is 7.40. The molecule has 2 heterocycles. The molecule has 2 fully saturated rings. The van der Waals surface area contributed by atoms with Crippen LogP contribution in [0.2, 0.25) is 0 Å². The number of aromatic amines is 1. The van der Waals surface area contributed by atoms with E-state index in [2.05, 4.69) is 30.8 Å². The van der Waals surface area contributed by atoms with Gasteiger partial charge in [0, 0.05) is 13.6 Å². The summed E-state index contributed by atoms with van der Waals surface area (Å²) >= 11 is 0. The Morgan fingerprint density at radius 3 is 2.95 bits per heavy atom. The first kappa shape index (κ1) is 11.0. The predicted octanol–water partition coefficient (Wildman–Crippen LogP) is 2.00. The third kappa shape index (κ3) is 1.82. The van der Waals surface area contributed by atoms with Crippen LogP contribution in [-0.2, 0) is 0 Å². The quantitative estimate of drug-likeness (QED) is 0.781. The molecule has 3 N–H and O–H groups in total. The topological polar surface area (TPSA) is 78.5 Å². The Balaban J connectivity index is 1.51. The third-order valence-corrected chi connectivity index (χ3v) is 4.48. The van der Waals surface area contributed by atoms with E-state index in [-0.39, 0.29) is 0 Å². The third-order valence-electron chi connectivity index (χ3n) is 4.48. The van der Waals surface area contributed by atoms with E-state index in [1.807, 2.05) is 7.05 Å². The van der Waals surface area contributed by atoms with Crippen LogP contribution in [-0.4, -0.2) is 33.8 Å². The van der Waals surface area contributed by atoms with Gasteiger partial charge in [-0.1, -0.05) is 0 Å². The smallest absolute Gasteiger partial charge is 0.225 e. The number of nitrogens with one attached hydrogen (secondary N) is 3. The number of anilines is 2. The van der Waals surface area contributed by atoms with Gasteiger partial charge in [-0.25, -0.2) is 4.98 Å². The molecule has 4 rings (SSSR count). The van der Waals surface area contributed by atoms with Crippen LogP contribution in [0.4, 0.5) is 11.8 Å². The second-order valence-corrected chi connectivity index (χ2v) is 5.93. The highest BCUT2D eigenvalue weighted by Crippen LogP contribution is 2.63. The van der Waals surface area contributed by atoms with E-state index in [1.165, 1.54) is 25.7 Å². The molecule has 0 saturated heterocycles. The standard InChI is InChI=1S/C13H18N6/c1-14-12-17-9-7-16-19-10(9)11(18-12)15-6-8-4-13(5-8)2-3-13/h7-8H,2-6H2,1H3,(H,16,19)(H2,14,15,17,18). The average molecular weight is 258 g/mol. The van der Waals surface area contributed by atoms with Crippen molar-refractivity contribution < 1.29 is 0 Å². The average Bonchev–Trinajstić information content (AvgIpc) is 3.04. The molecule has 2 saturated carbocycles. The summed E-state index contributed by atoms with van der Waals surface area (Å²) in [5.74, 6) is 2.28. The molecule has 2 aliphatic rings. The molecule has 6 nitrogen and oxygen atoms in total. The molecule has 6 heteroatoms. The SMILES string of the molecule is CNc1nc(NCC2CC3(CC3)C2)c2[nH]ncc2n1. The molecule has 0 bridgehead atoms. The van der Waals surface area contributed by atoms with E-state index in [1.54, 1.807) is 6.20 Å². The molecular weight excluding hydrogens is 240 g/mol. The first-order valence-electron chi connectivity index (χ1n) is 6.91. The molecule has 100 valence electrons. The lowest BCUT2D eigenvalue weighted by atomic mass is 9.72. The van der Waals surface area contributed by atoms with Gasteiger partial charge in [-0.2, -0.15) is 10.1 Å². The van der Waals surface area contributed by atoms with E-state index in [9.17, 15) is 0 Å². The Morgan fingerprint density at radius 2 is 2.21 bits per heavy atom. The van der Waals surface area contributed by atoms with Gasteiger partial charge in [0.2, 0.25) is 5.95 Å². The van der Waals surface area contributed by atoms with Crippen molar-refractivity contribution in [2.24, 2.45) is 11.3 Å². The zero-order chi connectivity index (χ0) is 12.9. The van der Waals surface area contributed by atoms with E-state index in [4.69, 9.17) is 0 Å². The van der Waals surface area contributed by atoms with Crippen LogP contribution in [0.1, 0.15) is 25.7 Å². The molecule has 2 aliphatic carbocycles. The lowest BCUT2D eigenvalue weighted by Gasteiger charge is -2.36. The van der Waals surface area contributed by atoms with Crippen molar-refractivity contribution in [1.29, 1.82) is 0 Å². The minimum Gasteiger partial charge on any atom is -0.368 e. The lowest BCUT2D eigenvalue weighted by Crippen LogP contribution is -2.30. The summed E-state index contributed by atoms with van der Waals surface area (Å²) < 4.78 is 0. The molecule has 2 aromatic rings. The van der Waals surface area contributed by atoms with Crippen molar-refractivity contribution in [3.8, 4) is 0 Å². The number of rotatable bonds is 4. The zero-order valence-corrected chi connectivity index (χ0v) is 11.0. The van der Waals surface area contributed by atoms with Gasteiger partial charge in [-0.3, -0.25) is 5.10 Å². The largest absolute Gasteiger partial charge is 0.368 e. The molecule has 19 heavy (non-hydrogen) atoms. The highest BCUT2D eigenvalue weighted by molar-refractivity contribution is 5.85. The Kier molecular flexibility index (Phi) is 2.22. The summed E-state index contributed by atoms with van der Waals surface area (Å²) in [5.41, 5.74) is 2.49. The van der Waals surface area contributed by atoms with Crippen LogP contribution in [0.15, 0.2) is 6.20 Å². The second kappa shape index (κ2) is 3.82. The molecule has 1 spiro atoms. The highest BCUT2D eigenvalue weighted by Gasteiger charge is 2.52. The summed E-state index contributed by atoms with van der Waals surface area (Å²) in [6, 6.07) is 0. The van der Waals surface area contributed by atoms with Gasteiger partial charge < -0.3 is 10.6 Å².